The van der Waals surface area contributed by atoms with Crippen LogP contribution in [0.15, 0.2) is 24.3 Å². The summed E-state index contributed by atoms with van der Waals surface area (Å²) in [7, 11) is 0. The molecular formula is C14H23NO. The molecule has 0 aromatic heterocycles. The van der Waals surface area contributed by atoms with Crippen molar-refractivity contribution in [1.82, 2.24) is 0 Å². The van der Waals surface area contributed by atoms with Gasteiger partial charge in [0, 0.05) is 18.3 Å². The topological polar surface area (TPSA) is 21.3 Å². The molecule has 1 unspecified atom stereocenters. The van der Waals surface area contributed by atoms with Gasteiger partial charge in [-0.25, -0.2) is 0 Å². The lowest BCUT2D eigenvalue weighted by atomic mass is 10.1. The maximum absolute atomic E-state index is 5.42. The number of hydrogen-bond acceptors (Lipinski definition) is 2. The fourth-order valence-corrected chi connectivity index (χ4v) is 1.74. The lowest BCUT2D eigenvalue weighted by molar-refractivity contribution is 0.0876. The molecule has 1 aliphatic heterocycles. The van der Waals surface area contributed by atoms with Crippen molar-refractivity contribution in [3.8, 4) is 0 Å². The predicted molar refractivity (Wildman–Crippen MR) is 70.0 cm³/mol. The summed E-state index contributed by atoms with van der Waals surface area (Å²) < 4.78 is 5.42. The Bertz CT molecular complexity index is 275. The molecule has 1 aromatic rings. The number of ether oxygens (including phenoxy) is 1. The van der Waals surface area contributed by atoms with E-state index in [4.69, 9.17) is 4.74 Å². The molecule has 16 heavy (non-hydrogen) atoms. The summed E-state index contributed by atoms with van der Waals surface area (Å²) in [6.45, 7) is 7.87. The first-order valence-corrected chi connectivity index (χ1v) is 6.25. The molecule has 2 heteroatoms. The highest BCUT2D eigenvalue weighted by atomic mass is 16.5. The molecule has 0 saturated carbocycles. The highest BCUT2D eigenvalue weighted by Crippen LogP contribution is 2.14. The van der Waals surface area contributed by atoms with E-state index in [2.05, 4.69) is 36.5 Å². The van der Waals surface area contributed by atoms with Gasteiger partial charge in [0.25, 0.3) is 0 Å². The highest BCUT2D eigenvalue weighted by Gasteiger charge is 2.12. The van der Waals surface area contributed by atoms with Gasteiger partial charge in [-0.15, -0.1) is 0 Å². The molecular weight excluding hydrogens is 198 g/mol. The zero-order valence-electron chi connectivity index (χ0n) is 10.6. The molecule has 1 saturated heterocycles. The number of nitrogens with one attached hydrogen (secondary N) is 1. The van der Waals surface area contributed by atoms with Gasteiger partial charge < -0.3 is 10.1 Å². The Balaban J connectivity index is 0.000000606. The smallest absolute Gasteiger partial charge is 0.0667 e. The lowest BCUT2D eigenvalue weighted by Crippen LogP contribution is -2.29. The Kier molecular flexibility index (Phi) is 5.94. The van der Waals surface area contributed by atoms with E-state index in [1.165, 1.54) is 24.1 Å². The minimum Gasteiger partial charge on any atom is -0.380 e. The fraction of sp³-hybridized carbons (Fsp3) is 0.571. The summed E-state index contributed by atoms with van der Waals surface area (Å²) in [6, 6.07) is 9.01. The average Bonchev–Trinajstić information content (AvgIpc) is 2.36. The molecule has 1 aliphatic rings. The van der Waals surface area contributed by atoms with Crippen molar-refractivity contribution in [3.05, 3.63) is 29.8 Å². The molecule has 0 spiro atoms. The third-order valence-electron chi connectivity index (χ3n) is 2.58. The quantitative estimate of drug-likeness (QED) is 0.823. The van der Waals surface area contributed by atoms with Crippen LogP contribution in [0.5, 0.6) is 0 Å². The van der Waals surface area contributed by atoms with Gasteiger partial charge in [0.1, 0.15) is 0 Å². The summed E-state index contributed by atoms with van der Waals surface area (Å²) in [5.74, 6) is 0. The molecule has 0 amide bonds. The first-order chi connectivity index (χ1) is 7.84. The molecule has 90 valence electrons. The third-order valence-corrected chi connectivity index (χ3v) is 2.58. The molecule has 0 bridgehead atoms. The second-order valence-electron chi connectivity index (χ2n) is 3.92. The molecule has 0 aliphatic carbocycles. The largest absolute Gasteiger partial charge is 0.380 e. The Morgan fingerprint density at radius 1 is 1.19 bits per heavy atom. The van der Waals surface area contributed by atoms with Crippen LogP contribution in [0.4, 0.5) is 5.69 Å². The number of hydrogen-bond donors (Lipinski definition) is 1. The summed E-state index contributed by atoms with van der Waals surface area (Å²) in [6.07, 6.45) is 2.39. The summed E-state index contributed by atoms with van der Waals surface area (Å²) in [4.78, 5) is 0. The number of rotatable bonds is 2. The minimum atomic E-state index is 0.492. The molecule has 2 nitrogen and oxygen atoms in total. The summed E-state index contributed by atoms with van der Waals surface area (Å²) in [5, 5.41) is 3.48. The number of benzene rings is 1. The molecule has 1 atom stereocenters. The highest BCUT2D eigenvalue weighted by molar-refractivity contribution is 5.45. The van der Waals surface area contributed by atoms with Crippen LogP contribution in [0.3, 0.4) is 0 Å². The Labute approximate surface area is 99.0 Å². The number of anilines is 1. The zero-order valence-corrected chi connectivity index (χ0v) is 10.6. The van der Waals surface area contributed by atoms with Crippen LogP contribution in [-0.4, -0.2) is 19.3 Å². The first kappa shape index (κ1) is 13.0. The third kappa shape index (κ3) is 4.23. The molecule has 1 N–H and O–H groups in total. The van der Waals surface area contributed by atoms with E-state index in [1.807, 2.05) is 13.8 Å². The van der Waals surface area contributed by atoms with Crippen molar-refractivity contribution >= 4 is 5.69 Å². The van der Waals surface area contributed by atoms with Crippen molar-refractivity contribution in [2.24, 2.45) is 0 Å². The van der Waals surface area contributed by atoms with Gasteiger partial charge in [0.2, 0.25) is 0 Å². The van der Waals surface area contributed by atoms with E-state index >= 15 is 0 Å². The van der Waals surface area contributed by atoms with E-state index in [0.29, 0.717) is 6.04 Å². The van der Waals surface area contributed by atoms with E-state index in [9.17, 15) is 0 Å². The Morgan fingerprint density at radius 3 is 2.44 bits per heavy atom. The standard InChI is InChI=1S/C12H17NO.C2H6/c1-10-4-6-11(7-5-10)13-12-3-2-8-14-9-12;1-2/h4-7,12-13H,2-3,8-9H2,1H3;1-2H3. The van der Waals surface area contributed by atoms with Crippen LogP contribution < -0.4 is 5.32 Å². The second-order valence-corrected chi connectivity index (χ2v) is 3.92. The van der Waals surface area contributed by atoms with Crippen molar-refractivity contribution in [2.75, 3.05) is 18.5 Å². The van der Waals surface area contributed by atoms with Crippen LogP contribution >= 0.6 is 0 Å². The summed E-state index contributed by atoms with van der Waals surface area (Å²) in [5.41, 5.74) is 2.50. The Hall–Kier alpha value is -1.02. The van der Waals surface area contributed by atoms with Gasteiger partial charge >= 0.3 is 0 Å². The monoisotopic (exact) mass is 221 g/mol. The van der Waals surface area contributed by atoms with Crippen molar-refractivity contribution in [1.29, 1.82) is 0 Å². The van der Waals surface area contributed by atoms with E-state index in [1.54, 1.807) is 0 Å². The van der Waals surface area contributed by atoms with Gasteiger partial charge in [-0.2, -0.15) is 0 Å². The lowest BCUT2D eigenvalue weighted by Gasteiger charge is -2.24. The Morgan fingerprint density at radius 2 is 1.88 bits per heavy atom. The van der Waals surface area contributed by atoms with E-state index < -0.39 is 0 Å². The molecule has 1 heterocycles. The number of aryl methyl sites for hydroxylation is 1. The van der Waals surface area contributed by atoms with Gasteiger partial charge in [0.05, 0.1) is 6.61 Å². The molecule has 2 rings (SSSR count). The summed E-state index contributed by atoms with van der Waals surface area (Å²) >= 11 is 0. The van der Waals surface area contributed by atoms with Crippen LogP contribution in [-0.2, 0) is 4.74 Å². The van der Waals surface area contributed by atoms with Crippen LogP contribution in [0.1, 0.15) is 32.3 Å². The van der Waals surface area contributed by atoms with E-state index in [-0.39, 0.29) is 0 Å². The normalized spacial score (nSPS) is 19.6. The fourth-order valence-electron chi connectivity index (χ4n) is 1.74. The van der Waals surface area contributed by atoms with Crippen LogP contribution in [0, 0.1) is 6.92 Å². The average molecular weight is 221 g/mol. The van der Waals surface area contributed by atoms with Crippen LogP contribution in [0.2, 0.25) is 0 Å². The van der Waals surface area contributed by atoms with Crippen molar-refractivity contribution < 1.29 is 4.74 Å². The molecule has 1 fully saturated rings. The van der Waals surface area contributed by atoms with Crippen LogP contribution in [0.25, 0.3) is 0 Å². The second kappa shape index (κ2) is 7.29. The van der Waals surface area contributed by atoms with Gasteiger partial charge in [-0.05, 0) is 31.9 Å². The van der Waals surface area contributed by atoms with E-state index in [0.717, 1.165) is 13.2 Å². The maximum atomic E-state index is 5.42. The molecule has 1 aromatic carbocycles. The maximum Gasteiger partial charge on any atom is 0.0667 e. The van der Waals surface area contributed by atoms with Gasteiger partial charge in [-0.1, -0.05) is 31.5 Å². The SMILES string of the molecule is CC.Cc1ccc(NC2CCCOC2)cc1. The van der Waals surface area contributed by atoms with Gasteiger partial charge in [0.15, 0.2) is 0 Å². The van der Waals surface area contributed by atoms with Crippen molar-refractivity contribution in [2.45, 2.75) is 39.7 Å². The first-order valence-electron chi connectivity index (χ1n) is 6.25. The van der Waals surface area contributed by atoms with Crippen molar-refractivity contribution in [3.63, 3.8) is 0 Å². The molecule has 0 radical (unpaired) electrons. The predicted octanol–water partition coefficient (Wildman–Crippen LogP) is 3.61. The van der Waals surface area contributed by atoms with Gasteiger partial charge in [-0.3, -0.25) is 0 Å². The minimum absolute atomic E-state index is 0.492. The zero-order chi connectivity index (χ0) is 11.8.